The lowest BCUT2D eigenvalue weighted by Gasteiger charge is -2.04. The van der Waals surface area contributed by atoms with Gasteiger partial charge in [-0.3, -0.25) is 9.78 Å². The SMILES string of the molecule is O=C(NCc1ccccn1)c1csc(Nc2ccccc2Cl)n1. The third-order valence-electron chi connectivity index (χ3n) is 3.01. The first-order valence-corrected chi connectivity index (χ1v) is 8.13. The Balaban J connectivity index is 1.62. The zero-order chi connectivity index (χ0) is 16.1. The minimum Gasteiger partial charge on any atom is -0.345 e. The number of amides is 1. The Morgan fingerprint density at radius 1 is 1.17 bits per heavy atom. The fraction of sp³-hybridized carbons (Fsp3) is 0.0625. The Morgan fingerprint density at radius 2 is 2.00 bits per heavy atom. The third-order valence-corrected chi connectivity index (χ3v) is 4.10. The van der Waals surface area contributed by atoms with Crippen LogP contribution in [-0.4, -0.2) is 15.9 Å². The van der Waals surface area contributed by atoms with Crippen LogP contribution in [0, 0.1) is 0 Å². The second-order valence-corrected chi connectivity index (χ2v) is 5.91. The average molecular weight is 345 g/mol. The number of nitrogens with zero attached hydrogens (tertiary/aromatic N) is 2. The summed E-state index contributed by atoms with van der Waals surface area (Å²) in [6.45, 7) is 0.366. The van der Waals surface area contributed by atoms with Crippen molar-refractivity contribution in [3.63, 3.8) is 0 Å². The fourth-order valence-corrected chi connectivity index (χ4v) is 2.76. The Morgan fingerprint density at radius 3 is 2.78 bits per heavy atom. The van der Waals surface area contributed by atoms with Gasteiger partial charge >= 0.3 is 0 Å². The van der Waals surface area contributed by atoms with Gasteiger partial charge in [-0.2, -0.15) is 0 Å². The number of para-hydroxylation sites is 1. The van der Waals surface area contributed by atoms with E-state index < -0.39 is 0 Å². The molecule has 1 amide bonds. The van der Waals surface area contributed by atoms with Crippen molar-refractivity contribution in [3.05, 3.63) is 70.5 Å². The molecule has 0 saturated carbocycles. The number of thiazole rings is 1. The largest absolute Gasteiger partial charge is 0.345 e. The number of pyridine rings is 1. The molecule has 7 heteroatoms. The molecule has 3 rings (SSSR count). The van der Waals surface area contributed by atoms with Crippen molar-refractivity contribution in [3.8, 4) is 0 Å². The van der Waals surface area contributed by atoms with Gasteiger partial charge in [-0.15, -0.1) is 11.3 Å². The van der Waals surface area contributed by atoms with Crippen LogP contribution in [0.15, 0.2) is 54.0 Å². The van der Waals surface area contributed by atoms with Crippen molar-refractivity contribution in [1.82, 2.24) is 15.3 Å². The van der Waals surface area contributed by atoms with E-state index in [2.05, 4.69) is 20.6 Å². The van der Waals surface area contributed by atoms with Crippen LogP contribution in [0.1, 0.15) is 16.2 Å². The van der Waals surface area contributed by atoms with Gasteiger partial charge in [0.2, 0.25) is 0 Å². The molecule has 2 N–H and O–H groups in total. The maximum Gasteiger partial charge on any atom is 0.271 e. The number of nitrogens with one attached hydrogen (secondary N) is 2. The molecule has 0 bridgehead atoms. The molecule has 1 aromatic carbocycles. The molecular formula is C16H13ClN4OS. The number of benzene rings is 1. The van der Waals surface area contributed by atoms with E-state index in [0.29, 0.717) is 22.4 Å². The van der Waals surface area contributed by atoms with Gasteiger partial charge in [-0.05, 0) is 24.3 Å². The minimum absolute atomic E-state index is 0.237. The van der Waals surface area contributed by atoms with Crippen LogP contribution in [0.5, 0.6) is 0 Å². The van der Waals surface area contributed by atoms with Crippen LogP contribution in [0.2, 0.25) is 5.02 Å². The molecule has 0 saturated heterocycles. The zero-order valence-electron chi connectivity index (χ0n) is 12.0. The molecule has 23 heavy (non-hydrogen) atoms. The fourth-order valence-electron chi connectivity index (χ4n) is 1.88. The van der Waals surface area contributed by atoms with Crippen LogP contribution in [0.4, 0.5) is 10.8 Å². The van der Waals surface area contributed by atoms with Crippen LogP contribution in [0.3, 0.4) is 0 Å². The van der Waals surface area contributed by atoms with Crippen LogP contribution < -0.4 is 10.6 Å². The monoisotopic (exact) mass is 344 g/mol. The molecular weight excluding hydrogens is 332 g/mol. The highest BCUT2D eigenvalue weighted by molar-refractivity contribution is 7.14. The Hall–Kier alpha value is -2.44. The van der Waals surface area contributed by atoms with E-state index in [4.69, 9.17) is 11.6 Å². The summed E-state index contributed by atoms with van der Waals surface area (Å²) in [5, 5.41) is 8.81. The van der Waals surface area contributed by atoms with E-state index in [-0.39, 0.29) is 5.91 Å². The molecule has 0 fully saturated rings. The maximum absolute atomic E-state index is 12.1. The van der Waals surface area contributed by atoms with Gasteiger partial charge in [0.15, 0.2) is 5.13 Å². The van der Waals surface area contributed by atoms with E-state index in [9.17, 15) is 4.79 Å². The molecule has 0 aliphatic heterocycles. The molecule has 0 spiro atoms. The standard InChI is InChI=1S/C16H13ClN4OS/c17-12-6-1-2-7-13(12)20-16-21-14(10-23-16)15(22)19-9-11-5-3-4-8-18-11/h1-8,10H,9H2,(H,19,22)(H,20,21). The van der Waals surface area contributed by atoms with Crippen molar-refractivity contribution >= 4 is 39.7 Å². The number of hydrogen-bond acceptors (Lipinski definition) is 5. The summed E-state index contributed by atoms with van der Waals surface area (Å²) >= 11 is 7.43. The van der Waals surface area contributed by atoms with Gasteiger partial charge in [-0.25, -0.2) is 4.98 Å². The summed E-state index contributed by atoms with van der Waals surface area (Å²) in [4.78, 5) is 20.5. The maximum atomic E-state index is 12.1. The molecule has 2 heterocycles. The first kappa shape index (κ1) is 15.5. The molecule has 0 radical (unpaired) electrons. The van der Waals surface area contributed by atoms with Gasteiger partial charge < -0.3 is 10.6 Å². The molecule has 0 unspecified atom stereocenters. The number of anilines is 2. The van der Waals surface area contributed by atoms with Crippen molar-refractivity contribution in [2.45, 2.75) is 6.54 Å². The number of hydrogen-bond donors (Lipinski definition) is 2. The summed E-state index contributed by atoms with van der Waals surface area (Å²) in [6.07, 6.45) is 1.69. The van der Waals surface area contributed by atoms with Gasteiger partial charge in [0.1, 0.15) is 5.69 Å². The summed E-state index contributed by atoms with van der Waals surface area (Å²) in [5.74, 6) is -0.237. The smallest absolute Gasteiger partial charge is 0.271 e. The van der Waals surface area contributed by atoms with E-state index >= 15 is 0 Å². The molecule has 2 aromatic heterocycles. The zero-order valence-corrected chi connectivity index (χ0v) is 13.6. The Labute approximate surface area is 142 Å². The van der Waals surface area contributed by atoms with Gasteiger partial charge in [0.05, 0.1) is 22.9 Å². The third kappa shape index (κ3) is 4.06. The quantitative estimate of drug-likeness (QED) is 0.737. The number of aromatic nitrogens is 2. The summed E-state index contributed by atoms with van der Waals surface area (Å²) in [7, 11) is 0. The lowest BCUT2D eigenvalue weighted by atomic mass is 10.3. The summed E-state index contributed by atoms with van der Waals surface area (Å²) in [6, 6.07) is 12.9. The Bertz CT molecular complexity index is 807. The summed E-state index contributed by atoms with van der Waals surface area (Å²) in [5.41, 5.74) is 1.91. The number of carbonyl (C=O) groups is 1. The van der Waals surface area contributed by atoms with E-state index in [0.717, 1.165) is 11.4 Å². The number of carbonyl (C=O) groups excluding carboxylic acids is 1. The van der Waals surface area contributed by atoms with Crippen LogP contribution >= 0.6 is 22.9 Å². The Kier molecular flexibility index (Phi) is 4.85. The van der Waals surface area contributed by atoms with Crippen molar-refractivity contribution in [2.24, 2.45) is 0 Å². The first-order chi connectivity index (χ1) is 11.2. The second-order valence-electron chi connectivity index (χ2n) is 4.65. The van der Waals surface area contributed by atoms with Crippen LogP contribution in [-0.2, 0) is 6.54 Å². The normalized spacial score (nSPS) is 10.3. The van der Waals surface area contributed by atoms with Crippen LogP contribution in [0.25, 0.3) is 0 Å². The van der Waals surface area contributed by atoms with E-state index in [1.54, 1.807) is 17.6 Å². The van der Waals surface area contributed by atoms with E-state index in [1.165, 1.54) is 11.3 Å². The minimum atomic E-state index is -0.237. The first-order valence-electron chi connectivity index (χ1n) is 6.87. The lowest BCUT2D eigenvalue weighted by Crippen LogP contribution is -2.23. The molecule has 0 aliphatic carbocycles. The predicted octanol–water partition coefficient (Wildman–Crippen LogP) is 3.87. The topological polar surface area (TPSA) is 66.9 Å². The second kappa shape index (κ2) is 7.21. The molecule has 3 aromatic rings. The highest BCUT2D eigenvalue weighted by Crippen LogP contribution is 2.26. The average Bonchev–Trinajstić information content (AvgIpc) is 3.04. The van der Waals surface area contributed by atoms with Gasteiger partial charge in [-0.1, -0.05) is 29.8 Å². The molecule has 0 atom stereocenters. The highest BCUT2D eigenvalue weighted by Gasteiger charge is 2.11. The molecule has 116 valence electrons. The van der Waals surface area contributed by atoms with Gasteiger partial charge in [0.25, 0.3) is 5.91 Å². The van der Waals surface area contributed by atoms with Crippen molar-refractivity contribution < 1.29 is 4.79 Å². The predicted molar refractivity (Wildman–Crippen MR) is 92.3 cm³/mol. The lowest BCUT2D eigenvalue weighted by molar-refractivity contribution is 0.0946. The molecule has 5 nitrogen and oxygen atoms in total. The van der Waals surface area contributed by atoms with Crippen molar-refractivity contribution in [1.29, 1.82) is 0 Å². The van der Waals surface area contributed by atoms with Gasteiger partial charge in [0, 0.05) is 11.6 Å². The van der Waals surface area contributed by atoms with Crippen molar-refractivity contribution in [2.75, 3.05) is 5.32 Å². The number of halogens is 1. The molecule has 0 aliphatic rings. The highest BCUT2D eigenvalue weighted by atomic mass is 35.5. The number of rotatable bonds is 5. The van der Waals surface area contributed by atoms with E-state index in [1.807, 2.05) is 36.4 Å². The summed E-state index contributed by atoms with van der Waals surface area (Å²) < 4.78 is 0.